The van der Waals surface area contributed by atoms with Crippen molar-refractivity contribution in [1.82, 2.24) is 5.32 Å². The monoisotopic (exact) mass is 273 g/mol. The Morgan fingerprint density at radius 1 is 1.20 bits per heavy atom. The molecule has 0 spiro atoms. The van der Waals surface area contributed by atoms with Crippen LogP contribution in [0.3, 0.4) is 0 Å². The van der Waals surface area contributed by atoms with E-state index in [4.69, 9.17) is 0 Å². The van der Waals surface area contributed by atoms with Gasteiger partial charge in [-0.1, -0.05) is 57.9 Å². The predicted octanol–water partition coefficient (Wildman–Crippen LogP) is 5.12. The Morgan fingerprint density at radius 3 is 2.45 bits per heavy atom. The van der Waals surface area contributed by atoms with Crippen molar-refractivity contribution in [3.63, 3.8) is 0 Å². The largest absolute Gasteiger partial charge is 0.313 e. The quantitative estimate of drug-likeness (QED) is 0.759. The highest BCUT2D eigenvalue weighted by Crippen LogP contribution is 2.49. The summed E-state index contributed by atoms with van der Waals surface area (Å²) in [5.41, 5.74) is 3.46. The first-order chi connectivity index (χ1) is 9.61. The summed E-state index contributed by atoms with van der Waals surface area (Å²) in [4.78, 5) is 0. The molecule has 112 valence electrons. The fourth-order valence-corrected chi connectivity index (χ4v) is 4.12. The topological polar surface area (TPSA) is 12.0 Å². The minimum atomic E-state index is 0.477. The van der Waals surface area contributed by atoms with Crippen molar-refractivity contribution in [1.29, 1.82) is 0 Å². The van der Waals surface area contributed by atoms with E-state index in [1.54, 1.807) is 0 Å². The van der Waals surface area contributed by atoms with Gasteiger partial charge in [0, 0.05) is 6.04 Å². The molecule has 1 heteroatoms. The minimum absolute atomic E-state index is 0.477. The Labute approximate surface area is 125 Å². The van der Waals surface area contributed by atoms with E-state index in [2.05, 4.69) is 57.4 Å². The lowest BCUT2D eigenvalue weighted by molar-refractivity contribution is 0.195. The van der Waals surface area contributed by atoms with Gasteiger partial charge >= 0.3 is 0 Å². The fourth-order valence-electron chi connectivity index (χ4n) is 4.12. The van der Waals surface area contributed by atoms with Gasteiger partial charge in [-0.2, -0.15) is 0 Å². The van der Waals surface area contributed by atoms with Crippen LogP contribution < -0.4 is 5.32 Å². The second-order valence-corrected chi connectivity index (χ2v) is 6.99. The van der Waals surface area contributed by atoms with E-state index in [9.17, 15) is 0 Å². The van der Waals surface area contributed by atoms with E-state index >= 15 is 0 Å². The van der Waals surface area contributed by atoms with Gasteiger partial charge in [0.2, 0.25) is 0 Å². The van der Waals surface area contributed by atoms with Gasteiger partial charge in [0.1, 0.15) is 0 Å². The number of nitrogens with one attached hydrogen (secondary N) is 1. The summed E-state index contributed by atoms with van der Waals surface area (Å²) in [6, 6.07) is 9.80. The summed E-state index contributed by atoms with van der Waals surface area (Å²) in [7, 11) is 2.13. The van der Waals surface area contributed by atoms with E-state index in [0.29, 0.717) is 11.5 Å². The van der Waals surface area contributed by atoms with Crippen LogP contribution in [-0.2, 0) is 6.42 Å². The lowest BCUT2D eigenvalue weighted by Crippen LogP contribution is -2.34. The van der Waals surface area contributed by atoms with Crippen molar-refractivity contribution in [3.8, 4) is 0 Å². The second kappa shape index (κ2) is 6.76. The number of rotatable bonds is 6. The Balaban J connectivity index is 2.27. The van der Waals surface area contributed by atoms with Crippen LogP contribution in [0.15, 0.2) is 24.3 Å². The van der Waals surface area contributed by atoms with Gasteiger partial charge in [-0.05, 0) is 55.2 Å². The first-order valence-corrected chi connectivity index (χ1v) is 8.37. The molecule has 0 radical (unpaired) electrons. The van der Waals surface area contributed by atoms with E-state index in [1.807, 2.05) is 0 Å². The zero-order valence-corrected chi connectivity index (χ0v) is 13.7. The van der Waals surface area contributed by atoms with Gasteiger partial charge < -0.3 is 5.32 Å². The average molecular weight is 273 g/mol. The molecular weight excluding hydrogens is 242 g/mol. The van der Waals surface area contributed by atoms with Crippen LogP contribution in [0.5, 0.6) is 0 Å². The summed E-state index contributed by atoms with van der Waals surface area (Å²) in [5, 5.41) is 3.63. The molecule has 0 saturated heterocycles. The maximum absolute atomic E-state index is 3.63. The molecule has 0 aliphatic heterocycles. The third-order valence-electron chi connectivity index (χ3n) is 5.13. The van der Waals surface area contributed by atoms with Crippen molar-refractivity contribution in [2.75, 3.05) is 7.05 Å². The van der Waals surface area contributed by atoms with Gasteiger partial charge in [0.25, 0.3) is 0 Å². The smallest absolute Gasteiger partial charge is 0.0374 e. The van der Waals surface area contributed by atoms with E-state index < -0.39 is 0 Å². The highest BCUT2D eigenvalue weighted by atomic mass is 14.9. The summed E-state index contributed by atoms with van der Waals surface area (Å²) in [5.74, 6) is 0.727. The number of hydrogen-bond donors (Lipinski definition) is 1. The molecule has 1 aromatic rings. The van der Waals surface area contributed by atoms with Crippen LogP contribution in [0.4, 0.5) is 0 Å². The predicted molar refractivity (Wildman–Crippen MR) is 88.0 cm³/mol. The molecule has 0 aromatic heterocycles. The normalized spacial score (nSPS) is 19.4. The van der Waals surface area contributed by atoms with E-state index in [0.717, 1.165) is 5.92 Å². The maximum atomic E-state index is 3.63. The molecular formula is C19H31N. The van der Waals surface area contributed by atoms with E-state index in [-0.39, 0.29) is 0 Å². The minimum Gasteiger partial charge on any atom is -0.313 e. The molecule has 1 aliphatic rings. The third kappa shape index (κ3) is 3.25. The van der Waals surface area contributed by atoms with Crippen LogP contribution in [0.25, 0.3) is 0 Å². The zero-order chi connectivity index (χ0) is 14.6. The van der Waals surface area contributed by atoms with Crippen molar-refractivity contribution in [2.24, 2.45) is 11.3 Å². The van der Waals surface area contributed by atoms with Crippen LogP contribution in [0.2, 0.25) is 0 Å². The van der Waals surface area contributed by atoms with Gasteiger partial charge in [-0.15, -0.1) is 0 Å². The van der Waals surface area contributed by atoms with Crippen LogP contribution >= 0.6 is 0 Å². The standard InChI is InChI=1S/C19H31N/c1-5-19(11-6-7-12-19)18(20-4)17-10-8-9-16(14-17)13-15(2)3/h8-10,14-15,18,20H,5-7,11-13H2,1-4H3. The molecule has 1 fully saturated rings. The second-order valence-electron chi connectivity index (χ2n) is 6.99. The Kier molecular flexibility index (Phi) is 5.26. The first-order valence-electron chi connectivity index (χ1n) is 8.37. The summed E-state index contributed by atoms with van der Waals surface area (Å²) in [6.07, 6.45) is 8.03. The molecule has 0 amide bonds. The van der Waals surface area contributed by atoms with Crippen LogP contribution in [-0.4, -0.2) is 7.05 Å². The van der Waals surface area contributed by atoms with Crippen molar-refractivity contribution < 1.29 is 0 Å². The molecule has 1 nitrogen and oxygen atoms in total. The third-order valence-corrected chi connectivity index (χ3v) is 5.13. The summed E-state index contributed by atoms with van der Waals surface area (Å²) < 4.78 is 0. The molecule has 20 heavy (non-hydrogen) atoms. The lowest BCUT2D eigenvalue weighted by atomic mass is 9.73. The maximum Gasteiger partial charge on any atom is 0.0374 e. The average Bonchev–Trinajstić information content (AvgIpc) is 2.89. The Morgan fingerprint density at radius 2 is 1.90 bits per heavy atom. The Hall–Kier alpha value is -0.820. The van der Waals surface area contributed by atoms with Crippen molar-refractivity contribution >= 4 is 0 Å². The Bertz CT molecular complexity index is 416. The first kappa shape index (κ1) is 15.6. The molecule has 1 unspecified atom stereocenters. The van der Waals surface area contributed by atoms with Crippen LogP contribution in [0, 0.1) is 11.3 Å². The van der Waals surface area contributed by atoms with Gasteiger partial charge in [0.15, 0.2) is 0 Å². The lowest BCUT2D eigenvalue weighted by Gasteiger charge is -2.37. The molecule has 1 atom stereocenters. The summed E-state index contributed by atoms with van der Waals surface area (Å²) in [6.45, 7) is 6.97. The molecule has 1 N–H and O–H groups in total. The zero-order valence-electron chi connectivity index (χ0n) is 13.7. The fraction of sp³-hybridized carbons (Fsp3) is 0.684. The van der Waals surface area contributed by atoms with E-state index in [1.165, 1.54) is 49.7 Å². The molecule has 1 aliphatic carbocycles. The SMILES string of the molecule is CCC1(C(NC)c2cccc(CC(C)C)c2)CCCC1. The van der Waals surface area contributed by atoms with Crippen LogP contribution in [0.1, 0.15) is 70.0 Å². The molecule has 1 saturated carbocycles. The van der Waals surface area contributed by atoms with Gasteiger partial charge in [0.05, 0.1) is 0 Å². The van der Waals surface area contributed by atoms with Crippen molar-refractivity contribution in [3.05, 3.63) is 35.4 Å². The highest BCUT2D eigenvalue weighted by Gasteiger charge is 2.39. The molecule has 2 rings (SSSR count). The number of hydrogen-bond acceptors (Lipinski definition) is 1. The van der Waals surface area contributed by atoms with Crippen molar-refractivity contribution in [2.45, 2.75) is 65.3 Å². The number of benzene rings is 1. The molecule has 0 heterocycles. The highest BCUT2D eigenvalue weighted by molar-refractivity contribution is 5.28. The molecule has 0 bridgehead atoms. The van der Waals surface area contributed by atoms with Gasteiger partial charge in [-0.25, -0.2) is 0 Å². The van der Waals surface area contributed by atoms with Gasteiger partial charge in [-0.3, -0.25) is 0 Å². The molecule has 1 aromatic carbocycles. The summed E-state index contributed by atoms with van der Waals surface area (Å²) >= 11 is 0.